The van der Waals surface area contributed by atoms with Crippen LogP contribution in [0.3, 0.4) is 0 Å². The summed E-state index contributed by atoms with van der Waals surface area (Å²) in [6, 6.07) is 15.4. The molecular formula is C23H27N3O3. The van der Waals surface area contributed by atoms with Gasteiger partial charge in [0.1, 0.15) is 5.75 Å². The van der Waals surface area contributed by atoms with E-state index in [1.54, 1.807) is 18.1 Å². The maximum atomic E-state index is 12.8. The second kappa shape index (κ2) is 9.78. The molecule has 6 nitrogen and oxygen atoms in total. The minimum atomic E-state index is -0.219. The highest BCUT2D eigenvalue weighted by molar-refractivity contribution is 6.03. The number of ether oxygens (including phenoxy) is 1. The van der Waals surface area contributed by atoms with Crippen molar-refractivity contribution in [1.29, 1.82) is 0 Å². The van der Waals surface area contributed by atoms with Gasteiger partial charge in [-0.15, -0.1) is 6.58 Å². The quantitative estimate of drug-likeness (QED) is 0.673. The molecule has 1 atom stereocenters. The second-order valence-electron chi connectivity index (χ2n) is 6.84. The Kier molecular flexibility index (Phi) is 6.89. The highest BCUT2D eigenvalue weighted by Gasteiger charge is 2.27. The van der Waals surface area contributed by atoms with Crippen molar-refractivity contribution in [3.05, 3.63) is 72.3 Å². The van der Waals surface area contributed by atoms with Crippen molar-refractivity contribution in [3.63, 3.8) is 0 Å². The van der Waals surface area contributed by atoms with Crippen LogP contribution in [0.1, 0.15) is 24.5 Å². The molecule has 29 heavy (non-hydrogen) atoms. The van der Waals surface area contributed by atoms with Crippen molar-refractivity contribution in [3.8, 4) is 5.75 Å². The van der Waals surface area contributed by atoms with Gasteiger partial charge in [-0.3, -0.25) is 0 Å². The Labute approximate surface area is 171 Å². The van der Waals surface area contributed by atoms with Crippen LogP contribution in [0.15, 0.2) is 66.3 Å². The average Bonchev–Trinajstić information content (AvgIpc) is 3.22. The molecule has 2 aromatic carbocycles. The maximum absolute atomic E-state index is 12.8. The summed E-state index contributed by atoms with van der Waals surface area (Å²) in [5, 5.41) is 7.16. The standard InChI is InChI=1S/C23H27N3O3/c1-4-14-26(23(27)24-18-12-10-17(5-2)11-13-18)16-19-15-21(25-29-19)20-8-6-7-9-22(20)28-3/h4,6-13,19H,1,5,14-16H2,2-3H3,(H,24,27)/t19-/m0/s1. The van der Waals surface area contributed by atoms with Crippen LogP contribution in [0.25, 0.3) is 0 Å². The summed E-state index contributed by atoms with van der Waals surface area (Å²) >= 11 is 0. The summed E-state index contributed by atoms with van der Waals surface area (Å²) in [6.45, 7) is 6.69. The number of rotatable bonds is 8. The van der Waals surface area contributed by atoms with Gasteiger partial charge in [-0.2, -0.15) is 0 Å². The minimum absolute atomic E-state index is 0.191. The van der Waals surface area contributed by atoms with E-state index >= 15 is 0 Å². The van der Waals surface area contributed by atoms with Crippen molar-refractivity contribution < 1.29 is 14.4 Å². The van der Waals surface area contributed by atoms with Gasteiger partial charge < -0.3 is 19.8 Å². The molecule has 0 saturated heterocycles. The summed E-state index contributed by atoms with van der Waals surface area (Å²) < 4.78 is 5.41. The number of para-hydroxylation sites is 1. The predicted octanol–water partition coefficient (Wildman–Crippen LogP) is 4.47. The van der Waals surface area contributed by atoms with Crippen molar-refractivity contribution in [1.82, 2.24) is 4.90 Å². The highest BCUT2D eigenvalue weighted by Crippen LogP contribution is 2.25. The smallest absolute Gasteiger partial charge is 0.322 e. The zero-order valence-electron chi connectivity index (χ0n) is 16.9. The van der Waals surface area contributed by atoms with Crippen molar-refractivity contribution in [2.75, 3.05) is 25.5 Å². The summed E-state index contributed by atoms with van der Waals surface area (Å²) in [4.78, 5) is 20.0. The summed E-state index contributed by atoms with van der Waals surface area (Å²) in [6.07, 6.45) is 3.05. The molecule has 2 amide bonds. The largest absolute Gasteiger partial charge is 0.496 e. The predicted molar refractivity (Wildman–Crippen MR) is 116 cm³/mol. The van der Waals surface area contributed by atoms with Gasteiger partial charge in [0.05, 0.1) is 19.4 Å². The third kappa shape index (κ3) is 5.16. The fourth-order valence-electron chi connectivity index (χ4n) is 3.24. The first-order chi connectivity index (χ1) is 14.1. The molecule has 152 valence electrons. The van der Waals surface area contributed by atoms with Crippen LogP contribution in [0, 0.1) is 0 Å². The molecule has 2 aromatic rings. The third-order valence-electron chi connectivity index (χ3n) is 4.83. The van der Waals surface area contributed by atoms with Crippen molar-refractivity contribution in [2.24, 2.45) is 5.16 Å². The molecule has 0 spiro atoms. The van der Waals surface area contributed by atoms with Gasteiger partial charge in [0.2, 0.25) is 0 Å². The molecule has 1 heterocycles. The normalized spacial score (nSPS) is 15.2. The molecule has 1 aliphatic heterocycles. The van der Waals surface area contributed by atoms with E-state index in [1.807, 2.05) is 48.5 Å². The number of urea groups is 1. The van der Waals surface area contributed by atoms with Crippen LogP contribution >= 0.6 is 0 Å². The van der Waals surface area contributed by atoms with E-state index in [0.717, 1.165) is 29.1 Å². The van der Waals surface area contributed by atoms with E-state index in [0.29, 0.717) is 19.5 Å². The number of oxime groups is 1. The first-order valence-corrected chi connectivity index (χ1v) is 9.76. The molecule has 0 aliphatic carbocycles. The van der Waals surface area contributed by atoms with E-state index < -0.39 is 0 Å². The van der Waals surface area contributed by atoms with Crippen molar-refractivity contribution >= 4 is 17.4 Å². The molecule has 0 fully saturated rings. The number of nitrogens with one attached hydrogen (secondary N) is 1. The van der Waals surface area contributed by atoms with Gasteiger partial charge in [-0.1, -0.05) is 42.4 Å². The molecular weight excluding hydrogens is 366 g/mol. The van der Waals surface area contributed by atoms with E-state index in [9.17, 15) is 4.79 Å². The highest BCUT2D eigenvalue weighted by atomic mass is 16.6. The second-order valence-corrected chi connectivity index (χ2v) is 6.84. The molecule has 0 saturated carbocycles. The fraction of sp³-hybridized carbons (Fsp3) is 0.304. The summed E-state index contributed by atoms with van der Waals surface area (Å²) in [5.41, 5.74) is 3.72. The number of anilines is 1. The molecule has 0 radical (unpaired) electrons. The van der Waals surface area contributed by atoms with Gasteiger partial charge in [-0.05, 0) is 36.2 Å². The number of nitrogens with zero attached hydrogens (tertiary/aromatic N) is 2. The SMILES string of the molecule is C=CCN(C[C@@H]1CC(c2ccccc2OC)=NO1)C(=O)Nc1ccc(CC)cc1. The number of carbonyl (C=O) groups is 1. The van der Waals surface area contributed by atoms with Crippen LogP contribution in [0.5, 0.6) is 5.75 Å². The van der Waals surface area contributed by atoms with E-state index in [2.05, 4.69) is 24.0 Å². The van der Waals surface area contributed by atoms with Crippen LogP contribution in [-0.4, -0.2) is 42.9 Å². The molecule has 1 aliphatic rings. The summed E-state index contributed by atoms with van der Waals surface area (Å²) in [7, 11) is 1.63. The lowest BCUT2D eigenvalue weighted by Gasteiger charge is -2.24. The number of amides is 2. The van der Waals surface area contributed by atoms with E-state index in [-0.39, 0.29) is 12.1 Å². The molecule has 0 unspecified atom stereocenters. The van der Waals surface area contributed by atoms with Crippen molar-refractivity contribution in [2.45, 2.75) is 25.9 Å². The third-order valence-corrected chi connectivity index (χ3v) is 4.83. The monoisotopic (exact) mass is 393 g/mol. The average molecular weight is 393 g/mol. The number of hydrogen-bond donors (Lipinski definition) is 1. The number of methoxy groups -OCH3 is 1. The fourth-order valence-corrected chi connectivity index (χ4v) is 3.24. The first kappa shape index (κ1) is 20.5. The summed E-state index contributed by atoms with van der Waals surface area (Å²) in [5.74, 6) is 0.756. The zero-order chi connectivity index (χ0) is 20.6. The lowest BCUT2D eigenvalue weighted by atomic mass is 10.0. The van der Waals surface area contributed by atoms with Crippen LogP contribution in [0.2, 0.25) is 0 Å². The zero-order valence-corrected chi connectivity index (χ0v) is 16.9. The van der Waals surface area contributed by atoms with Gasteiger partial charge in [-0.25, -0.2) is 4.79 Å². The van der Waals surface area contributed by atoms with Gasteiger partial charge in [0.25, 0.3) is 0 Å². The number of aryl methyl sites for hydroxylation is 1. The molecule has 0 aromatic heterocycles. The van der Waals surface area contributed by atoms with E-state index in [4.69, 9.17) is 9.57 Å². The maximum Gasteiger partial charge on any atom is 0.322 e. The van der Waals surface area contributed by atoms with Crippen LogP contribution < -0.4 is 10.1 Å². The molecule has 3 rings (SSSR count). The Morgan fingerprint density at radius 3 is 2.76 bits per heavy atom. The molecule has 6 heteroatoms. The number of hydrogen-bond acceptors (Lipinski definition) is 4. The number of benzene rings is 2. The van der Waals surface area contributed by atoms with Gasteiger partial charge in [0.15, 0.2) is 6.10 Å². The van der Waals surface area contributed by atoms with E-state index in [1.165, 1.54) is 5.56 Å². The Balaban J connectivity index is 1.62. The number of carbonyl (C=O) groups excluding carboxylic acids is 1. The Bertz CT molecular complexity index is 877. The minimum Gasteiger partial charge on any atom is -0.496 e. The Morgan fingerprint density at radius 1 is 1.31 bits per heavy atom. The first-order valence-electron chi connectivity index (χ1n) is 9.76. The van der Waals surface area contributed by atoms with Crippen LogP contribution in [-0.2, 0) is 11.3 Å². The Morgan fingerprint density at radius 2 is 2.07 bits per heavy atom. The lowest BCUT2D eigenvalue weighted by molar-refractivity contribution is 0.0645. The molecule has 0 bridgehead atoms. The topological polar surface area (TPSA) is 63.2 Å². The van der Waals surface area contributed by atoms with Crippen LogP contribution in [0.4, 0.5) is 10.5 Å². The van der Waals surface area contributed by atoms with Gasteiger partial charge >= 0.3 is 6.03 Å². The Hall–Kier alpha value is -3.28. The van der Waals surface area contributed by atoms with Gasteiger partial charge in [0, 0.05) is 24.2 Å². The lowest BCUT2D eigenvalue weighted by Crippen LogP contribution is -2.40. The molecule has 1 N–H and O–H groups in total.